The van der Waals surface area contributed by atoms with Crippen molar-refractivity contribution in [3.63, 3.8) is 0 Å². The fourth-order valence-corrected chi connectivity index (χ4v) is 3.96. The summed E-state index contributed by atoms with van der Waals surface area (Å²) in [5.74, 6) is 0. The van der Waals surface area contributed by atoms with Crippen LogP contribution in [0.1, 0.15) is 43.7 Å². The number of para-hydroxylation sites is 1. The van der Waals surface area contributed by atoms with E-state index in [9.17, 15) is 0 Å². The number of rotatable bonds is 3. The van der Waals surface area contributed by atoms with E-state index in [4.69, 9.17) is 0 Å². The average Bonchev–Trinajstić information content (AvgIpc) is 2.64. The van der Waals surface area contributed by atoms with Crippen molar-refractivity contribution in [1.82, 2.24) is 4.90 Å². The Labute approximate surface area is 117 Å². The van der Waals surface area contributed by atoms with Gasteiger partial charge >= 0.3 is 0 Å². The van der Waals surface area contributed by atoms with E-state index in [1.165, 1.54) is 42.5 Å². The summed E-state index contributed by atoms with van der Waals surface area (Å²) >= 11 is 0. The van der Waals surface area contributed by atoms with Crippen LogP contribution in [0.25, 0.3) is 0 Å². The Morgan fingerprint density at radius 3 is 2.53 bits per heavy atom. The minimum atomic E-state index is 0.667. The monoisotopic (exact) mass is 258 g/mol. The third-order valence-corrected chi connectivity index (χ3v) is 5.19. The predicted octanol–water partition coefficient (Wildman–Crippen LogP) is 3.59. The first-order valence-corrected chi connectivity index (χ1v) is 7.76. The van der Waals surface area contributed by atoms with E-state index in [2.05, 4.69) is 49.3 Å². The smallest absolute Gasteiger partial charge is 0.0404 e. The summed E-state index contributed by atoms with van der Waals surface area (Å²) in [6.07, 6.45) is 6.53. The van der Waals surface area contributed by atoms with E-state index in [0.29, 0.717) is 6.04 Å². The molecule has 0 radical (unpaired) electrons. The zero-order valence-electron chi connectivity index (χ0n) is 12.4. The SMILES string of the molecule is CCc1cccc(C)c1NC1CC2CCC(C1)N2C. The first kappa shape index (κ1) is 13.0. The molecule has 0 spiro atoms. The van der Waals surface area contributed by atoms with Crippen molar-refractivity contribution in [2.24, 2.45) is 0 Å². The molecule has 2 unspecified atom stereocenters. The maximum absolute atomic E-state index is 3.86. The normalized spacial score (nSPS) is 30.6. The molecule has 2 bridgehead atoms. The molecule has 2 heterocycles. The molecule has 104 valence electrons. The van der Waals surface area contributed by atoms with Crippen LogP contribution in [0.2, 0.25) is 0 Å². The minimum Gasteiger partial charge on any atom is -0.382 e. The Morgan fingerprint density at radius 1 is 1.21 bits per heavy atom. The molecule has 0 aliphatic carbocycles. The van der Waals surface area contributed by atoms with Crippen molar-refractivity contribution in [3.8, 4) is 0 Å². The Kier molecular flexibility index (Phi) is 3.53. The quantitative estimate of drug-likeness (QED) is 0.891. The summed E-state index contributed by atoms with van der Waals surface area (Å²) in [7, 11) is 2.31. The van der Waals surface area contributed by atoms with Crippen LogP contribution in [0.4, 0.5) is 5.69 Å². The van der Waals surface area contributed by atoms with Crippen molar-refractivity contribution in [2.45, 2.75) is 64.1 Å². The zero-order chi connectivity index (χ0) is 13.4. The molecule has 2 aliphatic rings. The number of nitrogens with one attached hydrogen (secondary N) is 1. The largest absolute Gasteiger partial charge is 0.382 e. The third-order valence-electron chi connectivity index (χ3n) is 5.19. The van der Waals surface area contributed by atoms with Gasteiger partial charge in [-0.25, -0.2) is 0 Å². The van der Waals surface area contributed by atoms with E-state index < -0.39 is 0 Å². The first-order valence-electron chi connectivity index (χ1n) is 7.76. The zero-order valence-corrected chi connectivity index (χ0v) is 12.4. The van der Waals surface area contributed by atoms with Gasteiger partial charge in [0.2, 0.25) is 0 Å². The summed E-state index contributed by atoms with van der Waals surface area (Å²) in [5, 5.41) is 3.86. The maximum atomic E-state index is 3.86. The van der Waals surface area contributed by atoms with Crippen LogP contribution in [0, 0.1) is 6.92 Å². The lowest BCUT2D eigenvalue weighted by Crippen LogP contribution is -2.44. The van der Waals surface area contributed by atoms with Crippen LogP contribution in [-0.2, 0) is 6.42 Å². The Morgan fingerprint density at radius 2 is 1.89 bits per heavy atom. The fourth-order valence-electron chi connectivity index (χ4n) is 3.96. The standard InChI is InChI=1S/C17H26N2/c1-4-13-7-5-6-12(2)17(13)18-14-10-15-8-9-16(11-14)19(15)3/h5-7,14-16,18H,4,8-11H2,1-3H3. The van der Waals surface area contributed by atoms with Gasteiger partial charge in [0.1, 0.15) is 0 Å². The van der Waals surface area contributed by atoms with Gasteiger partial charge in [-0.05, 0) is 57.2 Å². The van der Waals surface area contributed by atoms with Gasteiger partial charge in [0.15, 0.2) is 0 Å². The number of hydrogen-bond acceptors (Lipinski definition) is 2. The Bertz CT molecular complexity index is 441. The fraction of sp³-hybridized carbons (Fsp3) is 0.647. The van der Waals surface area contributed by atoms with Crippen molar-refractivity contribution >= 4 is 5.69 Å². The topological polar surface area (TPSA) is 15.3 Å². The van der Waals surface area contributed by atoms with Crippen LogP contribution in [0.15, 0.2) is 18.2 Å². The highest BCUT2D eigenvalue weighted by Gasteiger charge is 2.38. The second-order valence-corrected chi connectivity index (χ2v) is 6.33. The second kappa shape index (κ2) is 5.16. The van der Waals surface area contributed by atoms with Crippen molar-refractivity contribution in [1.29, 1.82) is 0 Å². The maximum Gasteiger partial charge on any atom is 0.0404 e. The molecule has 0 aromatic heterocycles. The number of benzene rings is 1. The summed E-state index contributed by atoms with van der Waals surface area (Å²) in [6, 6.07) is 8.96. The summed E-state index contributed by atoms with van der Waals surface area (Å²) < 4.78 is 0. The molecule has 19 heavy (non-hydrogen) atoms. The molecule has 1 N–H and O–H groups in total. The van der Waals surface area contributed by atoms with Gasteiger partial charge in [-0.1, -0.05) is 25.1 Å². The van der Waals surface area contributed by atoms with E-state index >= 15 is 0 Å². The van der Waals surface area contributed by atoms with Gasteiger partial charge < -0.3 is 10.2 Å². The highest BCUT2D eigenvalue weighted by atomic mass is 15.2. The lowest BCUT2D eigenvalue weighted by molar-refractivity contribution is 0.169. The van der Waals surface area contributed by atoms with Gasteiger partial charge in [0.25, 0.3) is 0 Å². The van der Waals surface area contributed by atoms with Crippen LogP contribution < -0.4 is 5.32 Å². The van der Waals surface area contributed by atoms with E-state index in [-0.39, 0.29) is 0 Å². The molecule has 2 saturated heterocycles. The molecular weight excluding hydrogens is 232 g/mol. The molecule has 2 aliphatic heterocycles. The molecule has 2 heteroatoms. The summed E-state index contributed by atoms with van der Waals surface area (Å²) in [6.45, 7) is 4.48. The molecule has 0 saturated carbocycles. The number of aryl methyl sites for hydroxylation is 2. The predicted molar refractivity (Wildman–Crippen MR) is 81.8 cm³/mol. The lowest BCUT2D eigenvalue weighted by Gasteiger charge is -2.37. The van der Waals surface area contributed by atoms with E-state index in [1.807, 2.05) is 0 Å². The van der Waals surface area contributed by atoms with Crippen molar-refractivity contribution in [2.75, 3.05) is 12.4 Å². The first-order chi connectivity index (χ1) is 9.19. The van der Waals surface area contributed by atoms with E-state index in [1.54, 1.807) is 0 Å². The van der Waals surface area contributed by atoms with Gasteiger partial charge in [-0.3, -0.25) is 0 Å². The van der Waals surface area contributed by atoms with Crippen LogP contribution in [-0.4, -0.2) is 30.1 Å². The molecule has 3 rings (SSSR count). The number of nitrogens with zero attached hydrogens (tertiary/aromatic N) is 1. The minimum absolute atomic E-state index is 0.667. The van der Waals surface area contributed by atoms with Gasteiger partial charge in [0.05, 0.1) is 0 Å². The second-order valence-electron chi connectivity index (χ2n) is 6.33. The Hall–Kier alpha value is -1.02. The van der Waals surface area contributed by atoms with Crippen molar-refractivity contribution in [3.05, 3.63) is 29.3 Å². The van der Waals surface area contributed by atoms with Gasteiger partial charge in [-0.2, -0.15) is 0 Å². The molecule has 2 fully saturated rings. The van der Waals surface area contributed by atoms with Crippen LogP contribution >= 0.6 is 0 Å². The third kappa shape index (κ3) is 2.38. The molecule has 1 aromatic carbocycles. The molecule has 1 aromatic rings. The van der Waals surface area contributed by atoms with E-state index in [0.717, 1.165) is 18.5 Å². The van der Waals surface area contributed by atoms with Crippen molar-refractivity contribution < 1.29 is 0 Å². The Balaban J connectivity index is 1.76. The summed E-state index contributed by atoms with van der Waals surface area (Å²) in [5.41, 5.74) is 4.26. The lowest BCUT2D eigenvalue weighted by atomic mass is 9.96. The van der Waals surface area contributed by atoms with Crippen LogP contribution in [0.3, 0.4) is 0 Å². The highest BCUT2D eigenvalue weighted by Crippen LogP contribution is 2.36. The number of hydrogen-bond donors (Lipinski definition) is 1. The summed E-state index contributed by atoms with van der Waals surface area (Å²) in [4.78, 5) is 2.61. The number of fused-ring (bicyclic) bond motifs is 2. The van der Waals surface area contributed by atoms with Gasteiger partial charge in [-0.15, -0.1) is 0 Å². The molecule has 0 amide bonds. The molecular formula is C17H26N2. The molecule has 2 nitrogen and oxygen atoms in total. The number of piperidine rings is 1. The number of anilines is 1. The van der Waals surface area contributed by atoms with Crippen LogP contribution in [0.5, 0.6) is 0 Å². The van der Waals surface area contributed by atoms with Gasteiger partial charge in [0, 0.05) is 23.8 Å². The highest BCUT2D eigenvalue weighted by molar-refractivity contribution is 5.58. The molecule has 2 atom stereocenters. The average molecular weight is 258 g/mol.